The molecule has 2 rings (SSSR count). The van der Waals surface area contributed by atoms with Crippen LogP contribution in [0.25, 0.3) is 0 Å². The molecule has 1 amide bonds. The van der Waals surface area contributed by atoms with Crippen molar-refractivity contribution in [1.29, 1.82) is 0 Å². The molecule has 0 aromatic heterocycles. The number of nitro groups is 1. The Bertz CT molecular complexity index is 531. The highest BCUT2D eigenvalue weighted by atomic mass is 35.5. The molecule has 1 fully saturated rings. The van der Waals surface area contributed by atoms with E-state index in [0.717, 1.165) is 25.7 Å². The van der Waals surface area contributed by atoms with Gasteiger partial charge in [-0.25, -0.2) is 0 Å². The molecular weight excluding hydrogens is 306 g/mol. The summed E-state index contributed by atoms with van der Waals surface area (Å²) in [6.45, 7) is 0.509. The summed E-state index contributed by atoms with van der Waals surface area (Å²) in [7, 11) is 0. The van der Waals surface area contributed by atoms with Gasteiger partial charge in [-0.05, 0) is 30.9 Å². The first-order valence-corrected chi connectivity index (χ1v) is 7.29. The van der Waals surface area contributed by atoms with Crippen LogP contribution in [0.3, 0.4) is 0 Å². The van der Waals surface area contributed by atoms with Crippen molar-refractivity contribution in [3.8, 4) is 0 Å². The highest BCUT2D eigenvalue weighted by Gasteiger charge is 2.32. The van der Waals surface area contributed by atoms with Gasteiger partial charge in [-0.2, -0.15) is 0 Å². The number of benzene rings is 1. The molecule has 22 heavy (non-hydrogen) atoms. The van der Waals surface area contributed by atoms with Crippen molar-refractivity contribution in [2.24, 2.45) is 11.1 Å². The van der Waals surface area contributed by atoms with Gasteiger partial charge in [0.2, 0.25) is 5.91 Å². The molecule has 1 aliphatic carbocycles. The Balaban J connectivity index is 0.00000242. The van der Waals surface area contributed by atoms with E-state index >= 15 is 0 Å². The van der Waals surface area contributed by atoms with Crippen molar-refractivity contribution in [1.82, 2.24) is 0 Å². The van der Waals surface area contributed by atoms with Gasteiger partial charge in [0.15, 0.2) is 0 Å². The zero-order valence-corrected chi connectivity index (χ0v) is 13.2. The van der Waals surface area contributed by atoms with Gasteiger partial charge < -0.3 is 11.1 Å². The second kappa shape index (κ2) is 8.10. The first kappa shape index (κ1) is 18.4. The number of nitrogens with one attached hydrogen (secondary N) is 1. The summed E-state index contributed by atoms with van der Waals surface area (Å²) in [5, 5.41) is 13.5. The number of non-ortho nitro benzene ring substituents is 1. The summed E-state index contributed by atoms with van der Waals surface area (Å²) >= 11 is 0. The number of anilines is 1. The van der Waals surface area contributed by atoms with Gasteiger partial charge in [-0.1, -0.05) is 25.3 Å². The summed E-state index contributed by atoms with van der Waals surface area (Å²) in [6, 6.07) is 5.99. The molecule has 0 unspecified atom stereocenters. The zero-order chi connectivity index (χ0) is 15.3. The third-order valence-corrected chi connectivity index (χ3v) is 4.22. The van der Waals surface area contributed by atoms with Crippen LogP contribution in [0, 0.1) is 15.5 Å². The van der Waals surface area contributed by atoms with Crippen molar-refractivity contribution in [2.75, 3.05) is 11.9 Å². The first-order chi connectivity index (χ1) is 10.0. The maximum atomic E-state index is 12.2. The van der Waals surface area contributed by atoms with Crippen molar-refractivity contribution < 1.29 is 9.72 Å². The van der Waals surface area contributed by atoms with E-state index in [0.29, 0.717) is 18.7 Å². The zero-order valence-electron chi connectivity index (χ0n) is 12.4. The monoisotopic (exact) mass is 327 g/mol. The maximum absolute atomic E-state index is 12.2. The topological polar surface area (TPSA) is 98.3 Å². The highest BCUT2D eigenvalue weighted by molar-refractivity contribution is 5.91. The largest absolute Gasteiger partial charge is 0.330 e. The van der Waals surface area contributed by atoms with Crippen LogP contribution >= 0.6 is 12.4 Å². The molecule has 6 nitrogen and oxygen atoms in total. The minimum absolute atomic E-state index is 0. The second-order valence-corrected chi connectivity index (χ2v) is 5.80. The number of nitrogens with two attached hydrogens (primary N) is 1. The van der Waals surface area contributed by atoms with Gasteiger partial charge in [-0.15, -0.1) is 12.4 Å². The fraction of sp³-hybridized carbons (Fsp3) is 0.533. The summed E-state index contributed by atoms with van der Waals surface area (Å²) in [5.74, 6) is -0.122. The number of hydrogen-bond acceptors (Lipinski definition) is 4. The third-order valence-electron chi connectivity index (χ3n) is 4.22. The van der Waals surface area contributed by atoms with E-state index in [1.807, 2.05) is 0 Å². The first-order valence-electron chi connectivity index (χ1n) is 7.29. The van der Waals surface area contributed by atoms with Crippen LogP contribution in [-0.4, -0.2) is 17.4 Å². The molecular formula is C15H22ClN3O3. The average molecular weight is 328 g/mol. The van der Waals surface area contributed by atoms with Crippen molar-refractivity contribution >= 4 is 29.7 Å². The Morgan fingerprint density at radius 3 is 2.59 bits per heavy atom. The predicted octanol–water partition coefficient (Wildman–Crippen LogP) is 3.25. The van der Waals surface area contributed by atoms with E-state index in [1.54, 1.807) is 12.1 Å². The molecule has 1 aromatic carbocycles. The Morgan fingerprint density at radius 2 is 2.00 bits per heavy atom. The van der Waals surface area contributed by atoms with Gasteiger partial charge >= 0.3 is 0 Å². The Kier molecular flexibility index (Phi) is 6.77. The molecule has 1 saturated carbocycles. The van der Waals surface area contributed by atoms with Crippen LogP contribution in [-0.2, 0) is 4.79 Å². The molecule has 1 aromatic rings. The van der Waals surface area contributed by atoms with E-state index in [4.69, 9.17) is 5.73 Å². The molecule has 0 spiro atoms. The minimum Gasteiger partial charge on any atom is -0.330 e. The van der Waals surface area contributed by atoms with Gasteiger partial charge in [0.1, 0.15) is 0 Å². The summed E-state index contributed by atoms with van der Waals surface area (Å²) in [4.78, 5) is 22.4. The lowest BCUT2D eigenvalue weighted by molar-refractivity contribution is -0.384. The van der Waals surface area contributed by atoms with Crippen LogP contribution in [0.2, 0.25) is 0 Å². The van der Waals surface area contributed by atoms with E-state index in [9.17, 15) is 14.9 Å². The van der Waals surface area contributed by atoms with Crippen LogP contribution in [0.5, 0.6) is 0 Å². The van der Waals surface area contributed by atoms with E-state index in [-0.39, 0.29) is 29.4 Å². The molecule has 0 heterocycles. The number of carbonyl (C=O) groups is 1. The highest BCUT2D eigenvalue weighted by Crippen LogP contribution is 2.38. The SMILES string of the molecule is Cl.NCC1(CC(=O)Nc2cccc([N+](=O)[O-])c2)CCCCC1. The number of carbonyl (C=O) groups excluding carboxylic acids is 1. The van der Waals surface area contributed by atoms with Crippen LogP contribution in [0.4, 0.5) is 11.4 Å². The second-order valence-electron chi connectivity index (χ2n) is 5.80. The van der Waals surface area contributed by atoms with Gasteiger partial charge in [0, 0.05) is 24.2 Å². The fourth-order valence-electron chi connectivity index (χ4n) is 3.00. The molecule has 0 aliphatic heterocycles. The van der Waals surface area contributed by atoms with Crippen molar-refractivity contribution in [3.05, 3.63) is 34.4 Å². The van der Waals surface area contributed by atoms with Gasteiger partial charge in [0.25, 0.3) is 5.69 Å². The maximum Gasteiger partial charge on any atom is 0.271 e. The van der Waals surface area contributed by atoms with Crippen molar-refractivity contribution in [3.63, 3.8) is 0 Å². The molecule has 0 radical (unpaired) electrons. The van der Waals surface area contributed by atoms with E-state index in [2.05, 4.69) is 5.32 Å². The number of hydrogen-bond donors (Lipinski definition) is 2. The molecule has 7 heteroatoms. The van der Waals surface area contributed by atoms with Crippen LogP contribution in [0.1, 0.15) is 38.5 Å². The summed E-state index contributed by atoms with van der Waals surface area (Å²) < 4.78 is 0. The fourth-order valence-corrected chi connectivity index (χ4v) is 3.00. The average Bonchev–Trinajstić information content (AvgIpc) is 2.48. The molecule has 0 bridgehead atoms. The Hall–Kier alpha value is -1.66. The van der Waals surface area contributed by atoms with Crippen molar-refractivity contribution in [2.45, 2.75) is 38.5 Å². The Morgan fingerprint density at radius 1 is 1.32 bits per heavy atom. The summed E-state index contributed by atoms with van der Waals surface area (Å²) in [5.41, 5.74) is 6.19. The third kappa shape index (κ3) is 4.68. The molecule has 3 N–H and O–H groups in total. The van der Waals surface area contributed by atoms with Gasteiger partial charge in [0.05, 0.1) is 4.92 Å². The summed E-state index contributed by atoms with van der Waals surface area (Å²) in [6.07, 6.45) is 5.76. The van der Waals surface area contributed by atoms with Crippen LogP contribution in [0.15, 0.2) is 24.3 Å². The predicted molar refractivity (Wildman–Crippen MR) is 88.2 cm³/mol. The minimum atomic E-state index is -0.474. The normalized spacial score (nSPS) is 16.4. The molecule has 1 aliphatic rings. The lowest BCUT2D eigenvalue weighted by Crippen LogP contribution is -2.36. The van der Waals surface area contributed by atoms with E-state index in [1.165, 1.54) is 18.6 Å². The number of amides is 1. The standard InChI is InChI=1S/C15H21N3O3.ClH/c16-11-15(7-2-1-3-8-15)10-14(19)17-12-5-4-6-13(9-12)18(20)21;/h4-6,9H,1-3,7-8,10-11,16H2,(H,17,19);1H. The number of nitrogens with zero attached hydrogens (tertiary/aromatic N) is 1. The number of halogens is 1. The smallest absolute Gasteiger partial charge is 0.271 e. The molecule has 122 valence electrons. The molecule has 0 atom stereocenters. The number of rotatable bonds is 5. The quantitative estimate of drug-likeness (QED) is 0.640. The Labute approximate surface area is 136 Å². The molecule has 0 saturated heterocycles. The lowest BCUT2D eigenvalue weighted by Gasteiger charge is -2.35. The van der Waals surface area contributed by atoms with E-state index < -0.39 is 4.92 Å². The van der Waals surface area contributed by atoms with Crippen LogP contribution < -0.4 is 11.1 Å². The number of nitro benzene ring substituents is 1. The van der Waals surface area contributed by atoms with Gasteiger partial charge in [-0.3, -0.25) is 14.9 Å². The lowest BCUT2D eigenvalue weighted by atomic mass is 9.71.